The highest BCUT2D eigenvalue weighted by Crippen LogP contribution is 2.36. The van der Waals surface area contributed by atoms with E-state index in [1.807, 2.05) is 52.0 Å². The Hall–Kier alpha value is -0.945. The lowest BCUT2D eigenvalue weighted by atomic mass is 9.78. The van der Waals surface area contributed by atoms with Gasteiger partial charge in [-0.2, -0.15) is 0 Å². The van der Waals surface area contributed by atoms with Crippen LogP contribution in [0.15, 0.2) is 24.3 Å². The van der Waals surface area contributed by atoms with E-state index in [4.69, 9.17) is 19.8 Å². The van der Waals surface area contributed by atoms with E-state index in [0.717, 1.165) is 11.0 Å². The summed E-state index contributed by atoms with van der Waals surface area (Å²) in [5, 5.41) is 0. The molecule has 1 aliphatic heterocycles. The number of nitrogens with two attached hydrogens (primary N) is 1. The fourth-order valence-electron chi connectivity index (χ4n) is 2.46. The lowest BCUT2D eigenvalue weighted by molar-refractivity contribution is 0.00578. The van der Waals surface area contributed by atoms with Gasteiger partial charge in [0.1, 0.15) is 6.67 Å². The fourth-order valence-corrected chi connectivity index (χ4v) is 2.46. The van der Waals surface area contributed by atoms with E-state index in [1.54, 1.807) is 0 Å². The van der Waals surface area contributed by atoms with Crippen molar-refractivity contribution in [3.8, 4) is 0 Å². The van der Waals surface area contributed by atoms with E-state index in [-0.39, 0.29) is 11.2 Å². The summed E-state index contributed by atoms with van der Waals surface area (Å²) in [4.78, 5) is 0. The average Bonchev–Trinajstić information content (AvgIpc) is 2.68. The van der Waals surface area contributed by atoms with Crippen molar-refractivity contribution in [2.24, 2.45) is 5.73 Å². The highest BCUT2D eigenvalue weighted by molar-refractivity contribution is 6.62. The Kier molecular flexibility index (Phi) is 4.97. The van der Waals surface area contributed by atoms with Crippen molar-refractivity contribution in [2.75, 3.05) is 13.8 Å². The Bertz CT molecular complexity index is 491. The van der Waals surface area contributed by atoms with Crippen molar-refractivity contribution in [3.05, 3.63) is 29.8 Å². The number of rotatable bonds is 5. The number of ether oxygens (including phenoxy) is 1. The van der Waals surface area contributed by atoms with Gasteiger partial charge in [0.05, 0.1) is 23.3 Å². The van der Waals surface area contributed by atoms with Crippen molar-refractivity contribution >= 4 is 12.6 Å². The summed E-state index contributed by atoms with van der Waals surface area (Å²) in [7, 11) is 1.12. The maximum atomic E-state index is 12.8. The van der Waals surface area contributed by atoms with Crippen LogP contribution in [0.2, 0.25) is 0 Å². The van der Waals surface area contributed by atoms with Crippen LogP contribution in [0.4, 0.5) is 4.39 Å². The summed E-state index contributed by atoms with van der Waals surface area (Å²) >= 11 is 0. The second-order valence-electron chi connectivity index (χ2n) is 6.73. The van der Waals surface area contributed by atoms with E-state index in [9.17, 15) is 4.39 Å². The third kappa shape index (κ3) is 3.20. The van der Waals surface area contributed by atoms with E-state index in [1.165, 1.54) is 7.11 Å². The molecule has 2 rings (SSSR count). The van der Waals surface area contributed by atoms with Crippen LogP contribution in [0, 0.1) is 0 Å². The summed E-state index contributed by atoms with van der Waals surface area (Å²) in [6, 6.07) is 6.91. The molecule has 1 heterocycles. The molecule has 0 unspecified atom stereocenters. The largest absolute Gasteiger partial charge is 0.494 e. The van der Waals surface area contributed by atoms with Crippen LogP contribution in [0.1, 0.15) is 39.4 Å². The van der Waals surface area contributed by atoms with Crippen molar-refractivity contribution in [3.63, 3.8) is 0 Å². The first-order chi connectivity index (χ1) is 10.2. The van der Waals surface area contributed by atoms with Crippen molar-refractivity contribution < 1.29 is 18.4 Å². The third-order valence-electron chi connectivity index (χ3n) is 4.61. The molecule has 122 valence electrons. The van der Waals surface area contributed by atoms with Crippen molar-refractivity contribution in [1.29, 1.82) is 0 Å². The van der Waals surface area contributed by atoms with Gasteiger partial charge >= 0.3 is 7.12 Å². The number of hydrogen-bond acceptors (Lipinski definition) is 4. The molecule has 2 atom stereocenters. The molecule has 1 saturated heterocycles. The van der Waals surface area contributed by atoms with Gasteiger partial charge in [-0.1, -0.05) is 24.3 Å². The molecule has 0 amide bonds. The topological polar surface area (TPSA) is 53.7 Å². The number of methoxy groups -OCH3 is 1. The summed E-state index contributed by atoms with van der Waals surface area (Å²) in [6.45, 7) is 7.44. The molecule has 0 saturated carbocycles. The molecule has 22 heavy (non-hydrogen) atoms. The Morgan fingerprint density at radius 2 is 1.64 bits per heavy atom. The molecule has 6 heteroatoms. The number of halogens is 1. The molecule has 2 N–H and O–H groups in total. The van der Waals surface area contributed by atoms with Gasteiger partial charge in [0.25, 0.3) is 0 Å². The quantitative estimate of drug-likeness (QED) is 0.845. The number of benzene rings is 1. The molecule has 0 spiro atoms. The number of hydrogen-bond donors (Lipinski definition) is 1. The summed E-state index contributed by atoms with van der Waals surface area (Å²) in [5.74, 6) is 0. The Labute approximate surface area is 132 Å². The van der Waals surface area contributed by atoms with E-state index < -0.39 is 25.9 Å². The molecule has 0 bridgehead atoms. The van der Waals surface area contributed by atoms with Gasteiger partial charge in [0.15, 0.2) is 0 Å². The van der Waals surface area contributed by atoms with Crippen LogP contribution >= 0.6 is 0 Å². The zero-order valence-electron chi connectivity index (χ0n) is 13.9. The Morgan fingerprint density at radius 1 is 1.14 bits per heavy atom. The van der Waals surface area contributed by atoms with Crippen LogP contribution < -0.4 is 11.2 Å². The van der Waals surface area contributed by atoms with E-state index in [2.05, 4.69) is 0 Å². The Balaban J connectivity index is 2.16. The van der Waals surface area contributed by atoms with Gasteiger partial charge in [-0.15, -0.1) is 0 Å². The summed E-state index contributed by atoms with van der Waals surface area (Å²) < 4.78 is 30.1. The van der Waals surface area contributed by atoms with E-state index in [0.29, 0.717) is 0 Å². The monoisotopic (exact) mass is 309 g/mol. The van der Waals surface area contributed by atoms with Gasteiger partial charge in [-0.25, -0.2) is 4.39 Å². The maximum absolute atomic E-state index is 12.8. The van der Waals surface area contributed by atoms with Gasteiger partial charge < -0.3 is 19.8 Å². The Morgan fingerprint density at radius 3 is 2.05 bits per heavy atom. The maximum Gasteiger partial charge on any atom is 0.494 e. The zero-order chi connectivity index (χ0) is 16.5. The smallest absolute Gasteiger partial charge is 0.399 e. The van der Waals surface area contributed by atoms with Crippen molar-refractivity contribution in [1.82, 2.24) is 0 Å². The van der Waals surface area contributed by atoms with Gasteiger partial charge in [-0.3, -0.25) is 0 Å². The molecule has 4 nitrogen and oxygen atoms in total. The molecule has 1 fully saturated rings. The zero-order valence-corrected chi connectivity index (χ0v) is 13.9. The SMILES string of the molecule is CO[C@H](c1ccc(B2OC(C)(C)C(C)(C)O2)cc1)[C@H](N)CF. The molecule has 0 aromatic heterocycles. The number of alkyl halides is 1. The van der Waals surface area contributed by atoms with Gasteiger partial charge in [0.2, 0.25) is 0 Å². The molecular weight excluding hydrogens is 284 g/mol. The minimum atomic E-state index is -0.673. The first kappa shape index (κ1) is 17.4. The standard InChI is InChI=1S/C16H25BFNO3/c1-15(2)16(3,4)22-17(21-15)12-8-6-11(7-9-12)14(20-5)13(19)10-18/h6-9,13-14H,10,19H2,1-5H3/t13-,14-/m1/s1. The molecule has 0 aliphatic carbocycles. The second-order valence-corrected chi connectivity index (χ2v) is 6.73. The molecule has 1 aromatic carbocycles. The highest BCUT2D eigenvalue weighted by Gasteiger charge is 2.51. The lowest BCUT2D eigenvalue weighted by Crippen LogP contribution is -2.41. The molecule has 1 aliphatic rings. The third-order valence-corrected chi connectivity index (χ3v) is 4.61. The van der Waals surface area contributed by atoms with Crippen LogP contribution in [0.25, 0.3) is 0 Å². The predicted molar refractivity (Wildman–Crippen MR) is 85.9 cm³/mol. The van der Waals surface area contributed by atoms with Crippen LogP contribution in [0.3, 0.4) is 0 Å². The van der Waals surface area contributed by atoms with Gasteiger partial charge in [-0.05, 0) is 38.7 Å². The first-order valence-corrected chi connectivity index (χ1v) is 7.51. The average molecular weight is 309 g/mol. The van der Waals surface area contributed by atoms with Crippen LogP contribution in [-0.2, 0) is 14.0 Å². The van der Waals surface area contributed by atoms with Gasteiger partial charge in [0, 0.05) is 7.11 Å². The normalized spacial score (nSPS) is 22.6. The predicted octanol–water partition coefficient (Wildman–Crippen LogP) is 1.97. The summed E-state index contributed by atoms with van der Waals surface area (Å²) in [6.07, 6.45) is -0.461. The second kappa shape index (κ2) is 6.28. The van der Waals surface area contributed by atoms with Crippen LogP contribution in [-0.4, -0.2) is 38.1 Å². The fraction of sp³-hybridized carbons (Fsp3) is 0.625. The molecule has 1 aromatic rings. The lowest BCUT2D eigenvalue weighted by Gasteiger charge is -2.32. The molecular formula is C16H25BFNO3. The molecule has 0 radical (unpaired) electrons. The highest BCUT2D eigenvalue weighted by atomic mass is 19.1. The van der Waals surface area contributed by atoms with Crippen LogP contribution in [0.5, 0.6) is 0 Å². The van der Waals surface area contributed by atoms with Crippen molar-refractivity contribution in [2.45, 2.75) is 51.0 Å². The first-order valence-electron chi connectivity index (χ1n) is 7.51. The minimum Gasteiger partial charge on any atom is -0.399 e. The minimum absolute atomic E-state index is 0.373. The summed E-state index contributed by atoms with van der Waals surface area (Å²) in [5.41, 5.74) is 6.76. The van der Waals surface area contributed by atoms with E-state index >= 15 is 0 Å².